The molecule has 3 aromatic rings. The first-order valence-electron chi connectivity index (χ1n) is 7.31. The summed E-state index contributed by atoms with van der Waals surface area (Å²) >= 11 is 12.0. The van der Waals surface area contributed by atoms with E-state index in [4.69, 9.17) is 23.2 Å². The van der Waals surface area contributed by atoms with Crippen LogP contribution in [0.3, 0.4) is 0 Å². The van der Waals surface area contributed by atoms with Gasteiger partial charge >= 0.3 is 0 Å². The molecule has 5 nitrogen and oxygen atoms in total. The minimum atomic E-state index is 0.488. The van der Waals surface area contributed by atoms with Crippen molar-refractivity contribution in [1.29, 1.82) is 0 Å². The van der Waals surface area contributed by atoms with Crippen LogP contribution in [0.25, 0.3) is 0 Å². The van der Waals surface area contributed by atoms with Crippen LogP contribution in [0, 0.1) is 6.92 Å². The van der Waals surface area contributed by atoms with Crippen LogP contribution in [-0.2, 0) is 6.54 Å². The van der Waals surface area contributed by atoms with Crippen molar-refractivity contribution < 1.29 is 0 Å². The van der Waals surface area contributed by atoms with Crippen LogP contribution in [0.1, 0.15) is 11.3 Å². The van der Waals surface area contributed by atoms with E-state index in [1.807, 2.05) is 31.2 Å². The van der Waals surface area contributed by atoms with Crippen molar-refractivity contribution in [1.82, 2.24) is 15.0 Å². The van der Waals surface area contributed by atoms with E-state index >= 15 is 0 Å². The van der Waals surface area contributed by atoms with Crippen LogP contribution >= 0.6 is 23.2 Å². The number of pyridine rings is 1. The highest BCUT2D eigenvalue weighted by atomic mass is 35.5. The largest absolute Gasteiger partial charge is 0.350 e. The molecule has 2 N–H and O–H groups in total. The minimum Gasteiger partial charge on any atom is -0.350 e. The molecule has 0 spiro atoms. The topological polar surface area (TPSA) is 62.7 Å². The first-order chi connectivity index (χ1) is 11.6. The molecule has 0 aliphatic rings. The van der Waals surface area contributed by atoms with Crippen LogP contribution in [-0.4, -0.2) is 15.0 Å². The summed E-state index contributed by atoms with van der Waals surface area (Å²) in [6.45, 7) is 2.51. The van der Waals surface area contributed by atoms with Crippen molar-refractivity contribution in [3.05, 3.63) is 70.1 Å². The number of nitrogens with zero attached hydrogens (tertiary/aromatic N) is 3. The molecule has 0 amide bonds. The van der Waals surface area contributed by atoms with E-state index in [0.29, 0.717) is 28.4 Å². The van der Waals surface area contributed by atoms with Gasteiger partial charge in [-0.2, -0.15) is 4.98 Å². The fraction of sp³-hybridized carbons (Fsp3) is 0.118. The monoisotopic (exact) mass is 359 g/mol. The summed E-state index contributed by atoms with van der Waals surface area (Å²) in [5, 5.41) is 7.41. The summed E-state index contributed by atoms with van der Waals surface area (Å²) in [6.07, 6.45) is 3.55. The lowest BCUT2D eigenvalue weighted by molar-refractivity contribution is 1.02. The second kappa shape index (κ2) is 7.47. The number of hydrogen-bond donors (Lipinski definition) is 2. The fourth-order valence-corrected chi connectivity index (χ4v) is 2.42. The van der Waals surface area contributed by atoms with Crippen molar-refractivity contribution in [2.45, 2.75) is 13.5 Å². The van der Waals surface area contributed by atoms with Gasteiger partial charge in [0.1, 0.15) is 5.82 Å². The lowest BCUT2D eigenvalue weighted by Gasteiger charge is -2.10. The molecular weight excluding hydrogens is 345 g/mol. The summed E-state index contributed by atoms with van der Waals surface area (Å²) in [5.74, 6) is 1.22. The van der Waals surface area contributed by atoms with Crippen LogP contribution in [0.5, 0.6) is 0 Å². The van der Waals surface area contributed by atoms with Crippen molar-refractivity contribution in [2.75, 3.05) is 10.6 Å². The predicted octanol–water partition coefficient (Wildman–Crippen LogP) is 4.84. The van der Waals surface area contributed by atoms with Gasteiger partial charge in [-0.3, -0.25) is 4.98 Å². The average Bonchev–Trinajstić information content (AvgIpc) is 2.57. The Morgan fingerprint density at radius 3 is 2.67 bits per heavy atom. The van der Waals surface area contributed by atoms with Gasteiger partial charge in [-0.15, -0.1) is 0 Å². The van der Waals surface area contributed by atoms with E-state index in [2.05, 4.69) is 25.6 Å². The Hall–Kier alpha value is -2.37. The number of benzene rings is 1. The summed E-state index contributed by atoms with van der Waals surface area (Å²) < 4.78 is 0. The van der Waals surface area contributed by atoms with Crippen LogP contribution in [0.15, 0.2) is 48.8 Å². The molecule has 2 aromatic heterocycles. The van der Waals surface area contributed by atoms with E-state index in [1.165, 1.54) is 0 Å². The number of aryl methyl sites for hydroxylation is 1. The second-order valence-corrected chi connectivity index (χ2v) is 6.00. The Bertz CT molecular complexity index is 840. The quantitative estimate of drug-likeness (QED) is 0.682. The molecule has 0 bridgehead atoms. The predicted molar refractivity (Wildman–Crippen MR) is 98.1 cm³/mol. The van der Waals surface area contributed by atoms with Gasteiger partial charge in [0, 0.05) is 36.4 Å². The van der Waals surface area contributed by atoms with E-state index in [1.54, 1.807) is 24.5 Å². The summed E-state index contributed by atoms with van der Waals surface area (Å²) in [4.78, 5) is 12.9. The average molecular weight is 360 g/mol. The SMILES string of the molecule is Cc1cc(Nc2ccc(Cl)c(Cl)c2)nc(NCc2cccnc2)n1. The maximum absolute atomic E-state index is 6.04. The minimum absolute atomic E-state index is 0.488. The Balaban J connectivity index is 1.74. The molecule has 0 saturated carbocycles. The van der Waals surface area contributed by atoms with Crippen LogP contribution in [0.4, 0.5) is 17.5 Å². The summed E-state index contributed by atoms with van der Waals surface area (Å²) in [7, 11) is 0. The zero-order chi connectivity index (χ0) is 16.9. The standard InChI is InChI=1S/C17H15Cl2N5/c1-11-7-16(23-13-4-5-14(18)15(19)8-13)24-17(22-11)21-10-12-3-2-6-20-9-12/h2-9H,10H2,1H3,(H2,21,22,23,24). The van der Waals surface area contributed by atoms with Gasteiger partial charge in [-0.1, -0.05) is 29.3 Å². The molecule has 122 valence electrons. The summed E-state index contributed by atoms with van der Waals surface area (Å²) in [5.41, 5.74) is 2.71. The van der Waals surface area contributed by atoms with Crippen molar-refractivity contribution >= 4 is 40.7 Å². The smallest absolute Gasteiger partial charge is 0.225 e. The van der Waals surface area contributed by atoms with Gasteiger partial charge in [0.15, 0.2) is 0 Å². The number of halogens is 2. The molecule has 0 fully saturated rings. The van der Waals surface area contributed by atoms with Crippen LogP contribution in [0.2, 0.25) is 10.0 Å². The second-order valence-electron chi connectivity index (χ2n) is 5.19. The highest BCUT2D eigenvalue weighted by Crippen LogP contribution is 2.26. The molecule has 2 heterocycles. The van der Waals surface area contributed by atoms with Gasteiger partial charge in [0.25, 0.3) is 0 Å². The molecule has 7 heteroatoms. The van der Waals surface area contributed by atoms with Gasteiger partial charge < -0.3 is 10.6 Å². The molecule has 0 radical (unpaired) electrons. The van der Waals surface area contributed by atoms with Gasteiger partial charge in [-0.05, 0) is 36.8 Å². The number of hydrogen-bond acceptors (Lipinski definition) is 5. The zero-order valence-corrected chi connectivity index (χ0v) is 14.4. The van der Waals surface area contributed by atoms with Crippen molar-refractivity contribution in [2.24, 2.45) is 0 Å². The molecule has 1 aromatic carbocycles. The molecular formula is C17H15Cl2N5. The highest BCUT2D eigenvalue weighted by Gasteiger charge is 2.05. The molecule has 24 heavy (non-hydrogen) atoms. The third-order valence-corrected chi connectivity index (χ3v) is 3.96. The van der Waals surface area contributed by atoms with E-state index < -0.39 is 0 Å². The number of nitrogens with one attached hydrogen (secondary N) is 2. The molecule has 0 saturated heterocycles. The third-order valence-electron chi connectivity index (χ3n) is 3.22. The van der Waals surface area contributed by atoms with Crippen molar-refractivity contribution in [3.63, 3.8) is 0 Å². The molecule has 0 aliphatic heterocycles. The van der Waals surface area contributed by atoms with E-state index in [9.17, 15) is 0 Å². The van der Waals surface area contributed by atoms with E-state index in [0.717, 1.165) is 16.9 Å². The Kier molecular flexibility index (Phi) is 5.13. The third kappa shape index (κ3) is 4.34. The lowest BCUT2D eigenvalue weighted by atomic mass is 10.3. The molecule has 0 aliphatic carbocycles. The van der Waals surface area contributed by atoms with Gasteiger partial charge in [0.05, 0.1) is 10.0 Å². The maximum Gasteiger partial charge on any atom is 0.225 e. The number of anilines is 3. The Labute approximate surface area is 150 Å². The maximum atomic E-state index is 6.04. The first kappa shape index (κ1) is 16.5. The normalized spacial score (nSPS) is 10.5. The number of aromatic nitrogens is 3. The van der Waals surface area contributed by atoms with E-state index in [-0.39, 0.29) is 0 Å². The van der Waals surface area contributed by atoms with Crippen molar-refractivity contribution in [3.8, 4) is 0 Å². The van der Waals surface area contributed by atoms with Gasteiger partial charge in [-0.25, -0.2) is 4.98 Å². The van der Waals surface area contributed by atoms with Gasteiger partial charge in [0.2, 0.25) is 5.95 Å². The number of rotatable bonds is 5. The van der Waals surface area contributed by atoms with Crippen LogP contribution < -0.4 is 10.6 Å². The summed E-state index contributed by atoms with van der Waals surface area (Å²) in [6, 6.07) is 11.1. The first-order valence-corrected chi connectivity index (χ1v) is 8.06. The zero-order valence-electron chi connectivity index (χ0n) is 12.9. The molecule has 0 unspecified atom stereocenters. The Morgan fingerprint density at radius 1 is 1.04 bits per heavy atom. The lowest BCUT2D eigenvalue weighted by Crippen LogP contribution is -2.06. The highest BCUT2D eigenvalue weighted by molar-refractivity contribution is 6.42. The molecule has 3 rings (SSSR count). The molecule has 0 atom stereocenters. The fourth-order valence-electron chi connectivity index (χ4n) is 2.12. The Morgan fingerprint density at radius 2 is 1.92 bits per heavy atom.